The maximum Gasteiger partial charge on any atom is 0.261 e. The smallest absolute Gasteiger partial charge is 0.261 e. The van der Waals surface area contributed by atoms with Crippen molar-refractivity contribution in [2.75, 3.05) is 29.8 Å². The molecule has 7 heteroatoms. The van der Waals surface area contributed by atoms with Crippen molar-refractivity contribution in [2.45, 2.75) is 24.2 Å². The van der Waals surface area contributed by atoms with E-state index in [2.05, 4.69) is 9.62 Å². The molecule has 1 fully saturated rings. The van der Waals surface area contributed by atoms with Crippen molar-refractivity contribution in [3.05, 3.63) is 47.5 Å². The Morgan fingerprint density at radius 1 is 1.04 bits per heavy atom. The molecule has 3 rings (SSSR count). The monoisotopic (exact) mass is 380 g/mol. The van der Waals surface area contributed by atoms with Gasteiger partial charge in [0.15, 0.2) is 0 Å². The van der Waals surface area contributed by atoms with E-state index in [1.54, 1.807) is 12.1 Å². The molecule has 2 aromatic carbocycles. The number of ether oxygens (including phenoxy) is 1. The molecule has 0 amide bonds. The Morgan fingerprint density at radius 3 is 2.32 bits per heavy atom. The number of anilines is 2. The minimum Gasteiger partial charge on any atom is -0.495 e. The highest BCUT2D eigenvalue weighted by molar-refractivity contribution is 7.92. The molecule has 0 spiro atoms. The van der Waals surface area contributed by atoms with Crippen molar-refractivity contribution < 1.29 is 13.2 Å². The number of hydrogen-bond acceptors (Lipinski definition) is 4. The minimum absolute atomic E-state index is 0.0957. The van der Waals surface area contributed by atoms with Crippen LogP contribution < -0.4 is 14.4 Å². The number of rotatable bonds is 5. The topological polar surface area (TPSA) is 58.6 Å². The average molecular weight is 381 g/mol. The predicted molar refractivity (Wildman–Crippen MR) is 101 cm³/mol. The number of benzene rings is 2. The van der Waals surface area contributed by atoms with Crippen LogP contribution in [0.5, 0.6) is 5.75 Å². The third kappa shape index (κ3) is 4.19. The van der Waals surface area contributed by atoms with Gasteiger partial charge < -0.3 is 9.64 Å². The fraction of sp³-hybridized carbons (Fsp3) is 0.333. The summed E-state index contributed by atoms with van der Waals surface area (Å²) < 4.78 is 32.7. The summed E-state index contributed by atoms with van der Waals surface area (Å²) in [5.41, 5.74) is 1.64. The van der Waals surface area contributed by atoms with Crippen LogP contribution in [0, 0.1) is 0 Å². The molecule has 0 aliphatic carbocycles. The van der Waals surface area contributed by atoms with Crippen LogP contribution in [0.25, 0.3) is 0 Å². The second kappa shape index (κ2) is 7.54. The molecule has 0 saturated carbocycles. The van der Waals surface area contributed by atoms with Gasteiger partial charge in [-0.2, -0.15) is 0 Å². The number of methoxy groups -OCH3 is 1. The van der Waals surface area contributed by atoms with E-state index in [0.29, 0.717) is 11.4 Å². The van der Waals surface area contributed by atoms with Gasteiger partial charge >= 0.3 is 0 Å². The van der Waals surface area contributed by atoms with E-state index in [0.717, 1.165) is 18.8 Å². The van der Waals surface area contributed by atoms with Gasteiger partial charge in [-0.15, -0.1) is 0 Å². The first-order valence-electron chi connectivity index (χ1n) is 8.21. The van der Waals surface area contributed by atoms with Gasteiger partial charge in [0.1, 0.15) is 5.75 Å². The summed E-state index contributed by atoms with van der Waals surface area (Å²) in [6.07, 6.45) is 3.68. The SMILES string of the molecule is COc1ccc(S(=O)(=O)Nc2ccc(N3CCCCC3)cc2)cc1Cl. The Balaban J connectivity index is 1.75. The largest absolute Gasteiger partial charge is 0.495 e. The molecule has 0 unspecified atom stereocenters. The summed E-state index contributed by atoms with van der Waals surface area (Å²) in [6, 6.07) is 11.9. The molecule has 1 aliphatic heterocycles. The summed E-state index contributed by atoms with van der Waals surface area (Å²) in [6.45, 7) is 2.10. The molecule has 2 aromatic rings. The van der Waals surface area contributed by atoms with Crippen LogP contribution in [0.15, 0.2) is 47.4 Å². The second-order valence-corrected chi connectivity index (χ2v) is 8.09. The maximum atomic E-state index is 12.5. The molecular formula is C18H21ClN2O3S. The predicted octanol–water partition coefficient (Wildman–Crippen LogP) is 4.14. The molecule has 134 valence electrons. The highest BCUT2D eigenvalue weighted by atomic mass is 35.5. The Morgan fingerprint density at radius 2 is 1.72 bits per heavy atom. The summed E-state index contributed by atoms with van der Waals surface area (Å²) in [7, 11) is -2.22. The molecule has 25 heavy (non-hydrogen) atoms. The lowest BCUT2D eigenvalue weighted by Crippen LogP contribution is -2.29. The van der Waals surface area contributed by atoms with Gasteiger partial charge in [0, 0.05) is 24.5 Å². The van der Waals surface area contributed by atoms with E-state index in [4.69, 9.17) is 16.3 Å². The van der Waals surface area contributed by atoms with Gasteiger partial charge in [-0.3, -0.25) is 4.72 Å². The van der Waals surface area contributed by atoms with Crippen molar-refractivity contribution in [3.63, 3.8) is 0 Å². The van der Waals surface area contributed by atoms with Crippen molar-refractivity contribution in [2.24, 2.45) is 0 Å². The molecule has 5 nitrogen and oxygen atoms in total. The lowest BCUT2D eigenvalue weighted by Gasteiger charge is -2.28. The molecule has 1 N–H and O–H groups in total. The molecule has 1 saturated heterocycles. The Labute approximate surface area is 153 Å². The number of piperidine rings is 1. The summed E-state index contributed by atoms with van der Waals surface area (Å²) in [4.78, 5) is 2.42. The van der Waals surface area contributed by atoms with Crippen molar-refractivity contribution >= 4 is 33.0 Å². The van der Waals surface area contributed by atoms with E-state index in [1.807, 2.05) is 12.1 Å². The first-order valence-corrected chi connectivity index (χ1v) is 10.1. The van der Waals surface area contributed by atoms with Gasteiger partial charge in [0.25, 0.3) is 10.0 Å². The van der Waals surface area contributed by atoms with E-state index in [-0.39, 0.29) is 9.92 Å². The van der Waals surface area contributed by atoms with Crippen molar-refractivity contribution in [3.8, 4) is 5.75 Å². The normalized spacial score (nSPS) is 15.0. The zero-order valence-corrected chi connectivity index (χ0v) is 15.6. The van der Waals surface area contributed by atoms with Gasteiger partial charge in [-0.25, -0.2) is 8.42 Å². The van der Waals surface area contributed by atoms with Gasteiger partial charge in [-0.05, 0) is 61.7 Å². The second-order valence-electron chi connectivity index (χ2n) is 6.00. The fourth-order valence-corrected chi connectivity index (χ4v) is 4.33. The average Bonchev–Trinajstić information content (AvgIpc) is 2.62. The molecular weight excluding hydrogens is 360 g/mol. The minimum atomic E-state index is -3.70. The number of nitrogens with one attached hydrogen (secondary N) is 1. The standard InChI is InChI=1S/C18H21ClN2O3S/c1-24-18-10-9-16(13-17(18)19)25(22,23)20-14-5-7-15(8-6-14)21-11-3-2-4-12-21/h5-10,13,20H,2-4,11-12H2,1H3. The molecule has 0 aromatic heterocycles. The first-order chi connectivity index (χ1) is 12.0. The highest BCUT2D eigenvalue weighted by Crippen LogP contribution is 2.28. The van der Waals surface area contributed by atoms with Gasteiger partial charge in [0.2, 0.25) is 0 Å². The van der Waals surface area contributed by atoms with Crippen LogP contribution in [-0.2, 0) is 10.0 Å². The lowest BCUT2D eigenvalue weighted by molar-refractivity contribution is 0.414. The summed E-state index contributed by atoms with van der Waals surface area (Å²) >= 11 is 6.02. The fourth-order valence-electron chi connectivity index (χ4n) is 2.92. The number of hydrogen-bond donors (Lipinski definition) is 1. The number of nitrogens with zero attached hydrogens (tertiary/aromatic N) is 1. The number of sulfonamides is 1. The molecule has 0 bridgehead atoms. The molecule has 0 atom stereocenters. The van der Waals surface area contributed by atoms with Gasteiger partial charge in [-0.1, -0.05) is 11.6 Å². The van der Waals surface area contributed by atoms with Crippen molar-refractivity contribution in [1.82, 2.24) is 0 Å². The zero-order chi connectivity index (χ0) is 17.9. The summed E-state index contributed by atoms with van der Waals surface area (Å²) in [5, 5.41) is 0.255. The molecule has 0 radical (unpaired) electrons. The van der Waals surface area contributed by atoms with Crippen LogP contribution in [0.3, 0.4) is 0 Å². The van der Waals surface area contributed by atoms with E-state index >= 15 is 0 Å². The van der Waals surface area contributed by atoms with Crippen LogP contribution >= 0.6 is 11.6 Å². The zero-order valence-electron chi connectivity index (χ0n) is 14.0. The third-order valence-corrected chi connectivity index (χ3v) is 5.95. The number of halogens is 1. The Kier molecular flexibility index (Phi) is 5.39. The molecule has 1 aliphatic rings. The van der Waals surface area contributed by atoms with Crippen molar-refractivity contribution in [1.29, 1.82) is 0 Å². The van der Waals surface area contributed by atoms with Crippen LogP contribution in [0.4, 0.5) is 11.4 Å². The Bertz CT molecular complexity index is 832. The van der Waals surface area contributed by atoms with Crippen LogP contribution in [-0.4, -0.2) is 28.6 Å². The quantitative estimate of drug-likeness (QED) is 0.846. The lowest BCUT2D eigenvalue weighted by atomic mass is 10.1. The first kappa shape index (κ1) is 17.9. The Hall–Kier alpha value is -1.92. The van der Waals surface area contributed by atoms with Crippen LogP contribution in [0.2, 0.25) is 5.02 Å². The van der Waals surface area contributed by atoms with Crippen LogP contribution in [0.1, 0.15) is 19.3 Å². The van der Waals surface area contributed by atoms with E-state index in [1.165, 1.54) is 44.6 Å². The molecule has 1 heterocycles. The third-order valence-electron chi connectivity index (χ3n) is 4.27. The maximum absolute atomic E-state index is 12.5. The summed E-state index contributed by atoms with van der Waals surface area (Å²) in [5.74, 6) is 0.437. The van der Waals surface area contributed by atoms with E-state index in [9.17, 15) is 8.42 Å². The van der Waals surface area contributed by atoms with Gasteiger partial charge in [0.05, 0.1) is 17.0 Å². The highest BCUT2D eigenvalue weighted by Gasteiger charge is 2.17. The van der Waals surface area contributed by atoms with E-state index < -0.39 is 10.0 Å².